The number of amides is 1. The lowest BCUT2D eigenvalue weighted by Crippen LogP contribution is -2.61. The first kappa shape index (κ1) is 18.9. The molecule has 0 spiro atoms. The van der Waals surface area contributed by atoms with E-state index in [1.54, 1.807) is 18.0 Å². The van der Waals surface area contributed by atoms with E-state index in [0.717, 1.165) is 43.0 Å². The molecule has 6 rings (SSSR count). The average Bonchev–Trinajstić information content (AvgIpc) is 3.19. The van der Waals surface area contributed by atoms with Gasteiger partial charge in [-0.25, -0.2) is 9.97 Å². The van der Waals surface area contributed by atoms with Gasteiger partial charge in [0.05, 0.1) is 16.9 Å². The summed E-state index contributed by atoms with van der Waals surface area (Å²) in [6.45, 7) is 0. The van der Waals surface area contributed by atoms with Crippen LogP contribution in [0.15, 0.2) is 11.4 Å². The number of hydrogen-bond acceptors (Lipinski definition) is 5. The molecule has 1 aromatic rings. The Hall–Kier alpha value is -1.14. The number of thioether (sulfide) groups is 1. The highest BCUT2D eigenvalue weighted by Gasteiger charge is 2.56. The molecule has 5 fully saturated rings. The minimum atomic E-state index is -0.463. The van der Waals surface area contributed by atoms with E-state index in [9.17, 15) is 9.90 Å². The summed E-state index contributed by atoms with van der Waals surface area (Å²) in [5.74, 6) is 2.00. The molecular weight excluding hydrogens is 370 g/mol. The van der Waals surface area contributed by atoms with Gasteiger partial charge < -0.3 is 10.0 Å². The van der Waals surface area contributed by atoms with Crippen LogP contribution >= 0.6 is 11.8 Å². The van der Waals surface area contributed by atoms with E-state index in [-0.39, 0.29) is 11.9 Å². The largest absolute Gasteiger partial charge is 0.390 e. The van der Waals surface area contributed by atoms with Gasteiger partial charge in [-0.2, -0.15) is 0 Å². The molecule has 0 aliphatic heterocycles. The van der Waals surface area contributed by atoms with Crippen molar-refractivity contribution in [3.63, 3.8) is 0 Å². The molecular formula is C22H31N3O2S. The number of rotatable bonds is 4. The number of hydrogen-bond donors (Lipinski definition) is 1. The van der Waals surface area contributed by atoms with Crippen LogP contribution in [0.3, 0.4) is 0 Å². The van der Waals surface area contributed by atoms with E-state index in [4.69, 9.17) is 4.98 Å². The van der Waals surface area contributed by atoms with E-state index < -0.39 is 5.60 Å². The van der Waals surface area contributed by atoms with Crippen molar-refractivity contribution in [2.75, 3.05) is 13.3 Å². The van der Waals surface area contributed by atoms with E-state index in [1.807, 2.05) is 18.2 Å². The van der Waals surface area contributed by atoms with Crippen molar-refractivity contribution in [3.8, 4) is 0 Å². The Kier molecular flexibility index (Phi) is 4.70. The third-order valence-electron chi connectivity index (χ3n) is 7.91. The minimum absolute atomic E-state index is 0.0824. The Bertz CT molecular complexity index is 763. The third kappa shape index (κ3) is 3.07. The first-order valence-electron chi connectivity index (χ1n) is 10.9. The highest BCUT2D eigenvalue weighted by molar-refractivity contribution is 7.98. The fraction of sp³-hybridized carbons (Fsp3) is 0.773. The van der Waals surface area contributed by atoms with Gasteiger partial charge >= 0.3 is 0 Å². The van der Waals surface area contributed by atoms with E-state index in [1.165, 1.54) is 25.7 Å². The summed E-state index contributed by atoms with van der Waals surface area (Å²) in [6.07, 6.45) is 13.5. The van der Waals surface area contributed by atoms with Gasteiger partial charge in [0.15, 0.2) is 5.16 Å². The molecule has 5 aliphatic carbocycles. The molecule has 5 nitrogen and oxygen atoms in total. The van der Waals surface area contributed by atoms with Crippen LogP contribution in [0, 0.1) is 17.8 Å². The second-order valence-electron chi connectivity index (χ2n) is 9.74. The molecule has 28 heavy (non-hydrogen) atoms. The van der Waals surface area contributed by atoms with Gasteiger partial charge in [-0.15, -0.1) is 0 Å². The van der Waals surface area contributed by atoms with Crippen molar-refractivity contribution >= 4 is 17.7 Å². The van der Waals surface area contributed by atoms with Crippen LogP contribution in [-0.2, 0) is 0 Å². The Labute approximate surface area is 171 Å². The van der Waals surface area contributed by atoms with Crippen LogP contribution in [0.4, 0.5) is 0 Å². The fourth-order valence-electron chi connectivity index (χ4n) is 7.06. The van der Waals surface area contributed by atoms with E-state index in [2.05, 4.69) is 4.98 Å². The van der Waals surface area contributed by atoms with Crippen LogP contribution < -0.4 is 0 Å². The lowest BCUT2D eigenvalue weighted by atomic mass is 9.52. The third-order valence-corrected chi connectivity index (χ3v) is 8.47. The standard InChI is InChI=1S/C22H31N3O2S/c1-25(19-15-7-13-8-16(19)11-22(27,9-13)10-15)20(26)17-12-23-21(28-2)24-18(17)14-5-3-4-6-14/h12-16,19,27H,3-11H2,1-2H3/t13?,15?,16?,19-,22+. The van der Waals surface area contributed by atoms with E-state index in [0.29, 0.717) is 29.2 Å². The maximum Gasteiger partial charge on any atom is 0.257 e. The second kappa shape index (κ2) is 6.98. The number of carbonyl (C=O) groups excluding carboxylic acids is 1. The zero-order chi connectivity index (χ0) is 19.5. The SMILES string of the molecule is CSc1ncc(C(=O)N(C)[C@H]2C3CC4CC2C[C@@](O)(C4)C3)c(C2CCCC2)n1. The van der Waals surface area contributed by atoms with E-state index >= 15 is 0 Å². The second-order valence-corrected chi connectivity index (χ2v) is 10.5. The Balaban J connectivity index is 1.43. The Morgan fingerprint density at radius 3 is 2.50 bits per heavy atom. The molecule has 4 bridgehead atoms. The molecule has 5 saturated carbocycles. The Morgan fingerprint density at radius 2 is 1.89 bits per heavy atom. The first-order chi connectivity index (χ1) is 13.5. The Morgan fingerprint density at radius 1 is 1.21 bits per heavy atom. The smallest absolute Gasteiger partial charge is 0.257 e. The van der Waals surface area contributed by atoms with Crippen molar-refractivity contribution in [1.29, 1.82) is 0 Å². The van der Waals surface area contributed by atoms with Crippen LogP contribution in [0.2, 0.25) is 0 Å². The highest BCUT2D eigenvalue weighted by atomic mass is 32.2. The molecule has 152 valence electrons. The maximum absolute atomic E-state index is 13.6. The van der Waals surface area contributed by atoms with Gasteiger partial charge in [0.2, 0.25) is 0 Å². The topological polar surface area (TPSA) is 66.3 Å². The number of nitrogens with zero attached hydrogens (tertiary/aromatic N) is 3. The summed E-state index contributed by atoms with van der Waals surface area (Å²) in [7, 11) is 1.97. The zero-order valence-electron chi connectivity index (χ0n) is 16.9. The summed E-state index contributed by atoms with van der Waals surface area (Å²) >= 11 is 1.54. The number of aliphatic hydroxyl groups is 1. The lowest BCUT2D eigenvalue weighted by Gasteiger charge is -2.59. The summed E-state index contributed by atoms with van der Waals surface area (Å²) in [6, 6.07) is 0.251. The average molecular weight is 402 g/mol. The number of carbonyl (C=O) groups is 1. The van der Waals surface area contributed by atoms with Crippen LogP contribution in [0.5, 0.6) is 0 Å². The van der Waals surface area contributed by atoms with Crippen LogP contribution in [0.1, 0.15) is 79.8 Å². The molecule has 6 heteroatoms. The van der Waals surface area contributed by atoms with Crippen molar-refractivity contribution in [3.05, 3.63) is 17.5 Å². The molecule has 0 aromatic carbocycles. The zero-order valence-corrected chi connectivity index (χ0v) is 17.7. The van der Waals surface area contributed by atoms with Crippen molar-refractivity contribution in [2.24, 2.45) is 17.8 Å². The van der Waals surface area contributed by atoms with Crippen molar-refractivity contribution in [1.82, 2.24) is 14.9 Å². The van der Waals surface area contributed by atoms with Gasteiger partial charge in [0.25, 0.3) is 5.91 Å². The molecule has 2 unspecified atom stereocenters. The highest BCUT2D eigenvalue weighted by Crippen LogP contribution is 2.57. The lowest BCUT2D eigenvalue weighted by molar-refractivity contribution is -0.152. The van der Waals surface area contributed by atoms with Crippen LogP contribution in [0.25, 0.3) is 0 Å². The predicted molar refractivity (Wildman–Crippen MR) is 109 cm³/mol. The summed E-state index contributed by atoms with van der Waals surface area (Å²) in [5.41, 5.74) is 1.21. The van der Waals surface area contributed by atoms with Gasteiger partial charge in [-0.05, 0) is 69.0 Å². The van der Waals surface area contributed by atoms with Gasteiger partial charge in [0, 0.05) is 25.2 Å². The quantitative estimate of drug-likeness (QED) is 0.613. The van der Waals surface area contributed by atoms with Crippen molar-refractivity contribution < 1.29 is 9.90 Å². The maximum atomic E-state index is 13.6. The molecule has 1 aromatic heterocycles. The summed E-state index contributed by atoms with van der Waals surface area (Å²) < 4.78 is 0. The molecule has 1 heterocycles. The van der Waals surface area contributed by atoms with Gasteiger partial charge in [-0.3, -0.25) is 4.79 Å². The van der Waals surface area contributed by atoms with Crippen LogP contribution in [-0.4, -0.2) is 50.8 Å². The first-order valence-corrected chi connectivity index (χ1v) is 12.1. The molecule has 1 amide bonds. The normalized spacial score (nSPS) is 36.8. The van der Waals surface area contributed by atoms with Gasteiger partial charge in [-0.1, -0.05) is 24.6 Å². The molecule has 1 N–H and O–H groups in total. The molecule has 0 saturated heterocycles. The van der Waals surface area contributed by atoms with Gasteiger partial charge in [0.1, 0.15) is 0 Å². The van der Waals surface area contributed by atoms with Crippen molar-refractivity contribution in [2.45, 2.75) is 80.5 Å². The summed E-state index contributed by atoms with van der Waals surface area (Å²) in [4.78, 5) is 24.8. The molecule has 5 aliphatic rings. The summed E-state index contributed by atoms with van der Waals surface area (Å²) in [5, 5.41) is 11.6. The molecule has 0 radical (unpaired) electrons. The number of aromatic nitrogens is 2. The predicted octanol–water partition coefficient (Wildman–Crippen LogP) is 3.87. The minimum Gasteiger partial charge on any atom is -0.390 e. The molecule has 2 atom stereocenters. The fourth-order valence-corrected chi connectivity index (χ4v) is 7.41. The monoisotopic (exact) mass is 401 g/mol.